The lowest BCUT2D eigenvalue weighted by Gasteiger charge is -2.25. The predicted octanol–water partition coefficient (Wildman–Crippen LogP) is 2.40. The van der Waals surface area contributed by atoms with Gasteiger partial charge in [0.05, 0.1) is 6.54 Å². The van der Waals surface area contributed by atoms with E-state index in [0.717, 1.165) is 13.0 Å². The van der Waals surface area contributed by atoms with Crippen LogP contribution in [0.3, 0.4) is 0 Å². The van der Waals surface area contributed by atoms with Gasteiger partial charge in [-0.2, -0.15) is 0 Å². The third kappa shape index (κ3) is 5.80. The van der Waals surface area contributed by atoms with Crippen LogP contribution in [0.1, 0.15) is 37.6 Å². The molecule has 0 aliphatic carbocycles. The predicted molar refractivity (Wildman–Crippen MR) is 96.3 cm³/mol. The van der Waals surface area contributed by atoms with E-state index >= 15 is 0 Å². The smallest absolute Gasteiger partial charge is 0.253 e. The van der Waals surface area contributed by atoms with Crippen LogP contribution < -0.4 is 5.32 Å². The van der Waals surface area contributed by atoms with Crippen molar-refractivity contribution in [2.75, 3.05) is 32.7 Å². The van der Waals surface area contributed by atoms with Crippen LogP contribution in [0.4, 0.5) is 0 Å². The Morgan fingerprint density at radius 1 is 1.17 bits per heavy atom. The topological polar surface area (TPSA) is 52.7 Å². The Morgan fingerprint density at radius 2 is 1.92 bits per heavy atom. The molecule has 1 heterocycles. The van der Waals surface area contributed by atoms with Gasteiger partial charge in [0.2, 0.25) is 5.91 Å². The molecule has 0 unspecified atom stereocenters. The van der Waals surface area contributed by atoms with Crippen molar-refractivity contribution in [3.8, 4) is 0 Å². The SMILES string of the molecule is CC(C)(C)NC(=O)CN1CCCN(C(=O)c2cccc(Cl)c2)CC1. The number of nitrogens with zero attached hydrogens (tertiary/aromatic N) is 2. The molecule has 1 aliphatic rings. The van der Waals surface area contributed by atoms with E-state index < -0.39 is 0 Å². The lowest BCUT2D eigenvalue weighted by Crippen LogP contribution is -2.46. The quantitative estimate of drug-likeness (QED) is 0.909. The molecule has 0 saturated carbocycles. The van der Waals surface area contributed by atoms with Crippen LogP contribution in [0.15, 0.2) is 24.3 Å². The standard InChI is InChI=1S/C18H26ClN3O2/c1-18(2,3)20-16(23)13-21-8-5-9-22(11-10-21)17(24)14-6-4-7-15(19)12-14/h4,6-7,12H,5,8-11,13H2,1-3H3,(H,20,23). The van der Waals surface area contributed by atoms with Crippen molar-refractivity contribution in [2.45, 2.75) is 32.7 Å². The van der Waals surface area contributed by atoms with Gasteiger partial charge in [0.25, 0.3) is 5.91 Å². The molecule has 1 aliphatic heterocycles. The fraction of sp³-hybridized carbons (Fsp3) is 0.556. The first-order valence-corrected chi connectivity index (χ1v) is 8.70. The van der Waals surface area contributed by atoms with Gasteiger partial charge in [0.1, 0.15) is 0 Å². The van der Waals surface area contributed by atoms with Crippen LogP contribution in [0.5, 0.6) is 0 Å². The fourth-order valence-corrected chi connectivity index (χ4v) is 2.99. The Kier molecular flexibility index (Phi) is 6.24. The van der Waals surface area contributed by atoms with Gasteiger partial charge in [0.15, 0.2) is 0 Å². The van der Waals surface area contributed by atoms with Crippen LogP contribution in [-0.4, -0.2) is 59.9 Å². The van der Waals surface area contributed by atoms with Crippen LogP contribution in [0.25, 0.3) is 0 Å². The number of hydrogen-bond donors (Lipinski definition) is 1. The van der Waals surface area contributed by atoms with Gasteiger partial charge in [-0.05, 0) is 45.4 Å². The molecule has 1 N–H and O–H groups in total. The van der Waals surface area contributed by atoms with Crippen molar-refractivity contribution in [1.82, 2.24) is 15.1 Å². The number of carbonyl (C=O) groups is 2. The van der Waals surface area contributed by atoms with Gasteiger partial charge in [0, 0.05) is 42.3 Å². The molecular weight excluding hydrogens is 326 g/mol. The number of hydrogen-bond acceptors (Lipinski definition) is 3. The maximum atomic E-state index is 12.6. The summed E-state index contributed by atoms with van der Waals surface area (Å²) >= 11 is 5.97. The first-order chi connectivity index (χ1) is 11.2. The summed E-state index contributed by atoms with van der Waals surface area (Å²) in [5.74, 6) is 0.0237. The number of halogens is 1. The summed E-state index contributed by atoms with van der Waals surface area (Å²) in [5, 5.41) is 3.54. The number of carbonyl (C=O) groups excluding carboxylic acids is 2. The summed E-state index contributed by atoms with van der Waals surface area (Å²) in [4.78, 5) is 28.6. The molecule has 0 radical (unpaired) electrons. The number of nitrogens with one attached hydrogen (secondary N) is 1. The van der Waals surface area contributed by atoms with Crippen LogP contribution in [-0.2, 0) is 4.79 Å². The van der Waals surface area contributed by atoms with Gasteiger partial charge in [-0.25, -0.2) is 0 Å². The first-order valence-electron chi connectivity index (χ1n) is 8.33. The van der Waals surface area contributed by atoms with Gasteiger partial charge >= 0.3 is 0 Å². The molecule has 0 bridgehead atoms. The lowest BCUT2D eigenvalue weighted by atomic mass is 10.1. The first kappa shape index (κ1) is 18.7. The summed E-state index contributed by atoms with van der Waals surface area (Å²) in [5.41, 5.74) is 0.388. The van der Waals surface area contributed by atoms with Crippen LogP contribution in [0, 0.1) is 0 Å². The highest BCUT2D eigenvalue weighted by Gasteiger charge is 2.22. The van der Waals surface area contributed by atoms with E-state index in [9.17, 15) is 9.59 Å². The van der Waals surface area contributed by atoms with Crippen molar-refractivity contribution in [3.63, 3.8) is 0 Å². The van der Waals surface area contributed by atoms with E-state index in [-0.39, 0.29) is 17.4 Å². The summed E-state index contributed by atoms with van der Waals surface area (Å²) in [6.07, 6.45) is 0.856. The molecule has 6 heteroatoms. The van der Waals surface area contributed by atoms with Crippen LogP contribution in [0.2, 0.25) is 5.02 Å². The van der Waals surface area contributed by atoms with Crippen molar-refractivity contribution in [1.29, 1.82) is 0 Å². The lowest BCUT2D eigenvalue weighted by molar-refractivity contribution is -0.123. The molecule has 0 spiro atoms. The number of amides is 2. The van der Waals surface area contributed by atoms with Crippen LogP contribution >= 0.6 is 11.6 Å². The third-order valence-corrected chi connectivity index (χ3v) is 4.06. The Bertz CT molecular complexity index is 598. The number of rotatable bonds is 3. The second-order valence-electron chi connectivity index (χ2n) is 7.23. The van der Waals surface area contributed by atoms with E-state index in [0.29, 0.717) is 36.8 Å². The van der Waals surface area contributed by atoms with Gasteiger partial charge < -0.3 is 10.2 Å². The Balaban J connectivity index is 1.90. The molecule has 0 atom stereocenters. The molecule has 2 amide bonds. The molecule has 0 aromatic heterocycles. The van der Waals surface area contributed by atoms with Crippen molar-refractivity contribution in [3.05, 3.63) is 34.9 Å². The van der Waals surface area contributed by atoms with Crippen molar-refractivity contribution >= 4 is 23.4 Å². The summed E-state index contributed by atoms with van der Waals surface area (Å²) < 4.78 is 0. The van der Waals surface area contributed by atoms with Gasteiger partial charge in [-0.1, -0.05) is 17.7 Å². The van der Waals surface area contributed by atoms with E-state index in [2.05, 4.69) is 10.2 Å². The van der Waals surface area contributed by atoms with Crippen molar-refractivity contribution < 1.29 is 9.59 Å². The van der Waals surface area contributed by atoms with Gasteiger partial charge in [-0.3, -0.25) is 14.5 Å². The maximum Gasteiger partial charge on any atom is 0.253 e. The van der Waals surface area contributed by atoms with Crippen molar-refractivity contribution in [2.24, 2.45) is 0 Å². The monoisotopic (exact) mass is 351 g/mol. The second kappa shape index (κ2) is 7.99. The molecule has 24 heavy (non-hydrogen) atoms. The van der Waals surface area contributed by atoms with Gasteiger partial charge in [-0.15, -0.1) is 0 Å². The Hall–Kier alpha value is -1.59. The molecular formula is C18H26ClN3O2. The Labute approximate surface area is 149 Å². The molecule has 5 nitrogen and oxygen atoms in total. The van der Waals surface area contributed by atoms with E-state index in [1.54, 1.807) is 24.3 Å². The summed E-state index contributed by atoms with van der Waals surface area (Å²) in [7, 11) is 0. The second-order valence-corrected chi connectivity index (χ2v) is 7.67. The number of benzene rings is 1. The average molecular weight is 352 g/mol. The van der Waals surface area contributed by atoms with E-state index in [1.165, 1.54) is 0 Å². The normalized spacial score (nSPS) is 16.6. The highest BCUT2D eigenvalue weighted by Crippen LogP contribution is 2.14. The molecule has 1 fully saturated rings. The highest BCUT2D eigenvalue weighted by molar-refractivity contribution is 6.30. The Morgan fingerprint density at radius 3 is 2.58 bits per heavy atom. The minimum Gasteiger partial charge on any atom is -0.350 e. The molecule has 1 aromatic carbocycles. The summed E-state index contributed by atoms with van der Waals surface area (Å²) in [6, 6.07) is 7.03. The van der Waals surface area contributed by atoms with E-state index in [1.807, 2.05) is 25.7 Å². The van der Waals surface area contributed by atoms with E-state index in [4.69, 9.17) is 11.6 Å². The maximum absolute atomic E-state index is 12.6. The average Bonchev–Trinajstić information content (AvgIpc) is 2.70. The molecule has 1 aromatic rings. The zero-order valence-corrected chi connectivity index (χ0v) is 15.4. The zero-order valence-electron chi connectivity index (χ0n) is 14.6. The minimum atomic E-state index is -0.225. The molecule has 2 rings (SSSR count). The minimum absolute atomic E-state index is 0.00140. The zero-order chi connectivity index (χ0) is 17.7. The highest BCUT2D eigenvalue weighted by atomic mass is 35.5. The fourth-order valence-electron chi connectivity index (χ4n) is 2.80. The summed E-state index contributed by atoms with van der Waals surface area (Å²) in [6.45, 7) is 9.12. The third-order valence-electron chi connectivity index (χ3n) is 3.83. The largest absolute Gasteiger partial charge is 0.350 e. The molecule has 1 saturated heterocycles. The molecule has 132 valence electrons.